The van der Waals surface area contributed by atoms with E-state index in [-0.39, 0.29) is 18.0 Å². The Morgan fingerprint density at radius 3 is 2.09 bits per heavy atom. The highest BCUT2D eigenvalue weighted by Crippen LogP contribution is 2.61. The molecule has 0 unspecified atom stereocenters. The van der Waals surface area contributed by atoms with Crippen molar-refractivity contribution in [2.24, 2.45) is 23.7 Å². The van der Waals surface area contributed by atoms with Gasteiger partial charge in [-0.2, -0.15) is 0 Å². The molecule has 1 aliphatic heterocycles. The minimum absolute atomic E-state index is 0.0530. The van der Waals surface area contributed by atoms with Crippen LogP contribution in [0.3, 0.4) is 0 Å². The Morgan fingerprint density at radius 2 is 1.46 bits per heavy atom. The first-order chi connectivity index (χ1) is 22.4. The number of benzene rings is 4. The smallest absolute Gasteiger partial charge is 0.275 e. The second-order valence-electron chi connectivity index (χ2n) is 12.8. The predicted molar refractivity (Wildman–Crippen MR) is 189 cm³/mol. The zero-order valence-electron chi connectivity index (χ0n) is 26.8. The normalized spacial score (nSPS) is 23.1. The van der Waals surface area contributed by atoms with Crippen LogP contribution >= 0.6 is 23.5 Å². The van der Waals surface area contributed by atoms with Gasteiger partial charge in [0.15, 0.2) is 0 Å². The summed E-state index contributed by atoms with van der Waals surface area (Å²) >= 11 is 3.54. The lowest BCUT2D eigenvalue weighted by atomic mass is 9.75. The lowest BCUT2D eigenvalue weighted by molar-refractivity contribution is -0.197. The molecule has 1 aliphatic carbocycles. The van der Waals surface area contributed by atoms with Crippen molar-refractivity contribution in [2.75, 3.05) is 0 Å². The van der Waals surface area contributed by atoms with Gasteiger partial charge >= 0.3 is 0 Å². The minimum atomic E-state index is -0.683. The summed E-state index contributed by atoms with van der Waals surface area (Å²) in [7, 11) is 0. The van der Waals surface area contributed by atoms with Crippen molar-refractivity contribution >= 4 is 23.5 Å². The summed E-state index contributed by atoms with van der Waals surface area (Å²) < 4.78 is 18.9. The molecule has 46 heavy (non-hydrogen) atoms. The van der Waals surface area contributed by atoms with E-state index in [1.165, 1.54) is 6.42 Å². The van der Waals surface area contributed by atoms with E-state index in [1.54, 1.807) is 23.5 Å². The number of hydrogen-bond acceptors (Lipinski definition) is 6. The molecule has 0 spiro atoms. The number of rotatable bonds is 12. The van der Waals surface area contributed by atoms with E-state index >= 15 is 0 Å². The third kappa shape index (κ3) is 7.79. The topological polar surface area (TPSA) is 47.9 Å². The van der Waals surface area contributed by atoms with E-state index in [1.807, 2.05) is 42.5 Å². The maximum absolute atomic E-state index is 11.0. The molecule has 1 N–H and O–H groups in total. The fraction of sp³-hybridized carbons (Fsp3) is 0.350. The van der Waals surface area contributed by atoms with E-state index in [9.17, 15) is 5.11 Å². The molecule has 240 valence electrons. The van der Waals surface area contributed by atoms with Crippen LogP contribution in [0.1, 0.15) is 51.2 Å². The van der Waals surface area contributed by atoms with Gasteiger partial charge in [0.2, 0.25) is 6.29 Å². The number of hydrogen-bond donors (Lipinski definition) is 1. The largest absolute Gasteiger partial charge is 0.489 e. The van der Waals surface area contributed by atoms with Crippen LogP contribution < -0.4 is 4.74 Å². The van der Waals surface area contributed by atoms with Gasteiger partial charge in [0, 0.05) is 15.9 Å². The van der Waals surface area contributed by atoms with Crippen molar-refractivity contribution in [3.8, 4) is 5.75 Å². The maximum Gasteiger partial charge on any atom is 0.275 e. The Kier molecular flexibility index (Phi) is 10.7. The SMILES string of the molecule is CC(C)[C@@H]1CC[C@@H](C)C[C@H]1O[C@@H]1OC(O)=C[C@H]1C(Sc1ccccc1)(Sc1ccccc1)c1cccc(OCc2ccccc2)c1. The molecule has 1 saturated carbocycles. The fourth-order valence-corrected chi connectivity index (χ4v) is 9.80. The van der Waals surface area contributed by atoms with Crippen molar-refractivity contribution in [3.63, 3.8) is 0 Å². The van der Waals surface area contributed by atoms with Crippen LogP contribution in [-0.4, -0.2) is 17.5 Å². The minimum Gasteiger partial charge on any atom is -0.489 e. The Hall–Kier alpha value is -3.32. The third-order valence-corrected chi connectivity index (χ3v) is 12.2. The molecular weight excluding hydrogens is 609 g/mol. The first kappa shape index (κ1) is 32.6. The van der Waals surface area contributed by atoms with E-state index in [0.717, 1.165) is 39.5 Å². The quantitative estimate of drug-likeness (QED) is 0.121. The Morgan fingerprint density at radius 1 is 0.826 bits per heavy atom. The standard InChI is InChI=1S/C40H44O4S2/c1-28(2)35-23-22-29(3)24-37(35)43-39-36(26-38(41)44-39)40(45-33-18-9-5-10-19-33,46-34-20-11-6-12-21-34)31-16-13-17-32(25-31)42-27-30-14-7-4-8-15-30/h4-21,25-26,28-29,35-37,39,41H,22-24,27H2,1-3H3/t29-,35+,36-,37-,39-/m1/s1. The average molecular weight is 653 g/mol. The molecule has 0 aromatic heterocycles. The molecule has 0 amide bonds. The highest BCUT2D eigenvalue weighted by Gasteiger charge is 2.52. The van der Waals surface area contributed by atoms with Gasteiger partial charge in [-0.1, -0.05) is 106 Å². The van der Waals surface area contributed by atoms with Crippen LogP contribution in [0, 0.1) is 23.7 Å². The second kappa shape index (κ2) is 15.1. The average Bonchev–Trinajstić information content (AvgIpc) is 3.45. The zero-order chi connectivity index (χ0) is 31.9. The molecule has 0 bridgehead atoms. The number of aliphatic hydroxyl groups excluding tert-OH is 1. The van der Waals surface area contributed by atoms with Crippen molar-refractivity contribution in [2.45, 2.75) is 72.9 Å². The van der Waals surface area contributed by atoms with Crippen molar-refractivity contribution < 1.29 is 19.3 Å². The number of ether oxygens (including phenoxy) is 3. The fourth-order valence-electron chi connectivity index (χ4n) is 6.65. The van der Waals surface area contributed by atoms with E-state index < -0.39 is 10.4 Å². The summed E-state index contributed by atoms with van der Waals surface area (Å²) in [5.41, 5.74) is 2.18. The number of thioether (sulfide) groups is 2. The van der Waals surface area contributed by atoms with Crippen LogP contribution in [-0.2, 0) is 20.2 Å². The van der Waals surface area contributed by atoms with E-state index in [4.69, 9.17) is 14.2 Å². The molecule has 6 heteroatoms. The van der Waals surface area contributed by atoms with Crippen LogP contribution in [0.15, 0.2) is 137 Å². The van der Waals surface area contributed by atoms with Gasteiger partial charge in [-0.15, -0.1) is 23.5 Å². The van der Waals surface area contributed by atoms with E-state index in [0.29, 0.717) is 24.4 Å². The molecular formula is C40H44O4S2. The van der Waals surface area contributed by atoms with Crippen molar-refractivity contribution in [1.29, 1.82) is 0 Å². The van der Waals surface area contributed by atoms with Crippen molar-refractivity contribution in [3.05, 3.63) is 138 Å². The Bertz CT molecular complexity index is 1520. The van der Waals surface area contributed by atoms with Gasteiger partial charge < -0.3 is 19.3 Å². The summed E-state index contributed by atoms with van der Waals surface area (Å²) in [5.74, 6) is 1.91. The van der Waals surface area contributed by atoms with Gasteiger partial charge in [0.25, 0.3) is 5.95 Å². The highest BCUT2D eigenvalue weighted by atomic mass is 32.2. The first-order valence-corrected chi connectivity index (χ1v) is 18.0. The van der Waals surface area contributed by atoms with Gasteiger partial charge in [-0.25, -0.2) is 0 Å². The molecule has 5 atom stereocenters. The van der Waals surface area contributed by atoms with Crippen LogP contribution in [0.2, 0.25) is 0 Å². The molecule has 4 aromatic carbocycles. The highest BCUT2D eigenvalue weighted by molar-refractivity contribution is 8.17. The summed E-state index contributed by atoms with van der Waals surface area (Å²) in [6.45, 7) is 7.38. The summed E-state index contributed by atoms with van der Waals surface area (Å²) in [6.07, 6.45) is 4.61. The maximum atomic E-state index is 11.0. The molecule has 0 saturated heterocycles. The second-order valence-corrected chi connectivity index (χ2v) is 15.7. The molecule has 4 aromatic rings. The third-order valence-electron chi connectivity index (χ3n) is 9.07. The van der Waals surface area contributed by atoms with Gasteiger partial charge in [0.05, 0.1) is 12.0 Å². The molecule has 0 radical (unpaired) electrons. The molecule has 1 fully saturated rings. The molecule has 4 nitrogen and oxygen atoms in total. The first-order valence-electron chi connectivity index (χ1n) is 16.4. The summed E-state index contributed by atoms with van der Waals surface area (Å²) in [6, 6.07) is 39.6. The molecule has 2 aliphatic rings. The zero-order valence-corrected chi connectivity index (χ0v) is 28.5. The van der Waals surface area contributed by atoms with Gasteiger partial charge in [-0.3, -0.25) is 0 Å². The molecule has 6 rings (SSSR count). The lowest BCUT2D eigenvalue weighted by Crippen LogP contribution is -2.42. The van der Waals surface area contributed by atoms with E-state index in [2.05, 4.69) is 99.6 Å². The van der Waals surface area contributed by atoms with Crippen molar-refractivity contribution in [1.82, 2.24) is 0 Å². The predicted octanol–water partition coefficient (Wildman–Crippen LogP) is 10.9. The lowest BCUT2D eigenvalue weighted by Gasteiger charge is -2.43. The van der Waals surface area contributed by atoms with Gasteiger partial charge in [0.1, 0.15) is 16.4 Å². The van der Waals surface area contributed by atoms with Crippen LogP contribution in [0.4, 0.5) is 0 Å². The van der Waals surface area contributed by atoms with Crippen LogP contribution in [0.25, 0.3) is 0 Å². The van der Waals surface area contributed by atoms with Crippen LogP contribution in [0.5, 0.6) is 5.75 Å². The summed E-state index contributed by atoms with van der Waals surface area (Å²) in [5, 5.41) is 11.0. The van der Waals surface area contributed by atoms with Gasteiger partial charge in [-0.05, 0) is 78.1 Å². The monoisotopic (exact) mass is 652 g/mol. The summed E-state index contributed by atoms with van der Waals surface area (Å²) in [4.78, 5) is 2.23. The Labute approximate surface area is 282 Å². The number of aliphatic hydroxyl groups is 1. The Balaban J connectivity index is 1.44. The molecule has 1 heterocycles.